The minimum atomic E-state index is 0.0134. The summed E-state index contributed by atoms with van der Waals surface area (Å²) in [5.41, 5.74) is 1.29. The predicted octanol–water partition coefficient (Wildman–Crippen LogP) is 2.92. The Morgan fingerprint density at radius 1 is 1.14 bits per heavy atom. The second kappa shape index (κ2) is 11.1. The lowest BCUT2D eigenvalue weighted by Crippen LogP contribution is -2.28. The smallest absolute Gasteiger partial charge is 0.272 e. The molecule has 0 saturated carbocycles. The van der Waals surface area contributed by atoms with Crippen LogP contribution in [0.25, 0.3) is 0 Å². The number of pyridine rings is 1. The maximum Gasteiger partial charge on any atom is 0.272 e. The molecule has 0 aliphatic carbocycles. The van der Waals surface area contributed by atoms with Gasteiger partial charge in [-0.15, -0.1) is 0 Å². The van der Waals surface area contributed by atoms with E-state index in [1.54, 1.807) is 27.4 Å². The van der Waals surface area contributed by atoms with Crippen molar-refractivity contribution in [1.82, 2.24) is 9.88 Å². The Morgan fingerprint density at radius 3 is 2.14 bits per heavy atom. The van der Waals surface area contributed by atoms with Crippen molar-refractivity contribution < 1.29 is 14.3 Å². The normalized spacial score (nSPS) is 12.8. The van der Waals surface area contributed by atoms with E-state index in [2.05, 4.69) is 9.72 Å². The number of aryl methyl sites for hydroxylation is 1. The number of ether oxygens (including phenoxy) is 2. The highest BCUT2D eigenvalue weighted by Crippen LogP contribution is 2.17. The highest BCUT2D eigenvalue weighted by atomic mass is 16.5. The minimum Gasteiger partial charge on any atom is -0.497 e. The fourth-order valence-corrected chi connectivity index (χ4v) is 1.95. The summed E-state index contributed by atoms with van der Waals surface area (Å²) < 4.78 is 9.39. The fourth-order valence-electron chi connectivity index (χ4n) is 1.95. The van der Waals surface area contributed by atoms with Crippen LogP contribution in [0.5, 0.6) is 5.75 Å². The first kappa shape index (κ1) is 19.4. The lowest BCUT2D eigenvalue weighted by atomic mass is 10.2. The summed E-state index contributed by atoms with van der Waals surface area (Å²) in [4.78, 5) is 18.2. The third-order valence-electron chi connectivity index (χ3n) is 2.78. The Morgan fingerprint density at radius 2 is 1.67 bits per heavy atom. The summed E-state index contributed by atoms with van der Waals surface area (Å²) in [5, 5.41) is 0. The molecular weight excluding hydrogens is 268 g/mol. The molecule has 1 amide bonds. The minimum absolute atomic E-state index is 0.0134. The molecule has 1 saturated heterocycles. The maximum absolute atomic E-state index is 12.1. The molecule has 0 aromatic carbocycles. The van der Waals surface area contributed by atoms with Crippen molar-refractivity contribution in [2.24, 2.45) is 0 Å². The van der Waals surface area contributed by atoms with E-state index in [0.29, 0.717) is 11.4 Å². The number of nitrogens with zero attached hydrogens (tertiary/aromatic N) is 2. The number of hydrogen-bond donors (Lipinski definition) is 0. The number of carbonyl (C=O) groups excluding carboxylic acids is 1. The molecule has 1 aliphatic heterocycles. The van der Waals surface area contributed by atoms with E-state index >= 15 is 0 Å². The molecule has 5 heteroatoms. The van der Waals surface area contributed by atoms with E-state index in [-0.39, 0.29) is 5.91 Å². The highest BCUT2D eigenvalue weighted by molar-refractivity contribution is 5.92. The monoisotopic (exact) mass is 296 g/mol. The van der Waals surface area contributed by atoms with Crippen molar-refractivity contribution in [1.29, 1.82) is 0 Å². The summed E-state index contributed by atoms with van der Waals surface area (Å²) >= 11 is 0. The fraction of sp³-hybridized carbons (Fsp3) is 0.625. The number of carbonyl (C=O) groups is 1. The molecule has 1 aliphatic rings. The summed E-state index contributed by atoms with van der Waals surface area (Å²) in [6.45, 7) is 7.55. The zero-order valence-electron chi connectivity index (χ0n) is 14.1. The molecule has 2 heterocycles. The second-order valence-electron chi connectivity index (χ2n) is 4.44. The van der Waals surface area contributed by atoms with Gasteiger partial charge in [0, 0.05) is 45.1 Å². The zero-order valence-corrected chi connectivity index (χ0v) is 14.1. The van der Waals surface area contributed by atoms with Gasteiger partial charge in [-0.25, -0.2) is 4.98 Å². The molecular formula is C16H28N2O3. The van der Waals surface area contributed by atoms with Crippen molar-refractivity contribution in [3.63, 3.8) is 0 Å². The van der Waals surface area contributed by atoms with Gasteiger partial charge in [-0.3, -0.25) is 4.79 Å². The first-order valence-corrected chi connectivity index (χ1v) is 7.34. The van der Waals surface area contributed by atoms with Gasteiger partial charge in [-0.05, 0) is 19.8 Å². The Labute approximate surface area is 128 Å². The molecule has 1 aromatic heterocycles. The van der Waals surface area contributed by atoms with E-state index in [0.717, 1.165) is 31.6 Å². The molecule has 0 spiro atoms. The Kier molecular flexibility index (Phi) is 10.2. The van der Waals surface area contributed by atoms with Crippen LogP contribution in [0.1, 0.15) is 42.9 Å². The van der Waals surface area contributed by atoms with Gasteiger partial charge >= 0.3 is 0 Å². The van der Waals surface area contributed by atoms with Crippen LogP contribution in [0.3, 0.4) is 0 Å². The molecule has 0 N–H and O–H groups in total. The molecule has 21 heavy (non-hydrogen) atoms. The van der Waals surface area contributed by atoms with Crippen LogP contribution in [-0.4, -0.2) is 50.2 Å². The van der Waals surface area contributed by atoms with Gasteiger partial charge in [0.05, 0.1) is 7.11 Å². The SMILES string of the molecule is CC.COC.COc1cc(C)nc(C(=O)N2CCCC2)c1. The molecule has 1 fully saturated rings. The average Bonchev–Trinajstić information content (AvgIpc) is 3.03. The maximum atomic E-state index is 12.1. The van der Waals surface area contributed by atoms with Crippen molar-refractivity contribution >= 4 is 5.91 Å². The lowest BCUT2D eigenvalue weighted by Gasteiger charge is -2.15. The molecule has 2 rings (SSSR count). The third-order valence-corrected chi connectivity index (χ3v) is 2.78. The Hall–Kier alpha value is -1.62. The van der Waals surface area contributed by atoms with E-state index in [9.17, 15) is 4.79 Å². The highest BCUT2D eigenvalue weighted by Gasteiger charge is 2.21. The lowest BCUT2D eigenvalue weighted by molar-refractivity contribution is 0.0786. The average molecular weight is 296 g/mol. The topological polar surface area (TPSA) is 51.7 Å². The van der Waals surface area contributed by atoms with Crippen LogP contribution >= 0.6 is 0 Å². The Balaban J connectivity index is 0.000000713. The number of likely N-dealkylation sites (tertiary alicyclic amines) is 1. The second-order valence-corrected chi connectivity index (χ2v) is 4.44. The summed E-state index contributed by atoms with van der Waals surface area (Å²) in [7, 11) is 4.85. The van der Waals surface area contributed by atoms with Crippen LogP contribution in [-0.2, 0) is 4.74 Å². The zero-order chi connectivity index (χ0) is 16.3. The predicted molar refractivity (Wildman–Crippen MR) is 84.9 cm³/mol. The van der Waals surface area contributed by atoms with Crippen molar-refractivity contribution in [2.45, 2.75) is 33.6 Å². The molecule has 0 atom stereocenters. The first-order valence-electron chi connectivity index (χ1n) is 7.34. The van der Waals surface area contributed by atoms with Crippen molar-refractivity contribution in [3.8, 4) is 5.75 Å². The van der Waals surface area contributed by atoms with Crippen LogP contribution in [0, 0.1) is 6.92 Å². The van der Waals surface area contributed by atoms with Gasteiger partial charge < -0.3 is 14.4 Å². The van der Waals surface area contributed by atoms with E-state index in [4.69, 9.17) is 4.74 Å². The number of methoxy groups -OCH3 is 2. The third kappa shape index (κ3) is 6.58. The quantitative estimate of drug-likeness (QED) is 0.842. The van der Waals surface area contributed by atoms with E-state index in [1.165, 1.54) is 0 Å². The molecule has 120 valence electrons. The van der Waals surface area contributed by atoms with E-state index < -0.39 is 0 Å². The number of rotatable bonds is 2. The van der Waals surface area contributed by atoms with E-state index in [1.807, 2.05) is 31.7 Å². The van der Waals surface area contributed by atoms with Gasteiger partial charge in [0.15, 0.2) is 0 Å². The number of hydrogen-bond acceptors (Lipinski definition) is 4. The molecule has 0 unspecified atom stereocenters. The molecule has 5 nitrogen and oxygen atoms in total. The van der Waals surface area contributed by atoms with Crippen LogP contribution < -0.4 is 4.74 Å². The van der Waals surface area contributed by atoms with Crippen molar-refractivity contribution in [2.75, 3.05) is 34.4 Å². The molecule has 1 aromatic rings. The number of aromatic nitrogens is 1. The van der Waals surface area contributed by atoms with Crippen LogP contribution in [0.4, 0.5) is 0 Å². The standard InChI is InChI=1S/C12H16N2O2.C2H6O.C2H6/c1-9-7-10(16-2)8-11(13-9)12(15)14-5-3-4-6-14;1-3-2;1-2/h7-8H,3-6H2,1-2H3;1-2H3;1-2H3. The van der Waals surface area contributed by atoms with Crippen LogP contribution in [0.2, 0.25) is 0 Å². The van der Waals surface area contributed by atoms with Gasteiger partial charge in [0.1, 0.15) is 11.4 Å². The summed E-state index contributed by atoms with van der Waals surface area (Å²) in [5.74, 6) is 0.703. The Bertz CT molecular complexity index is 416. The summed E-state index contributed by atoms with van der Waals surface area (Å²) in [6.07, 6.45) is 2.18. The van der Waals surface area contributed by atoms with Gasteiger partial charge in [-0.2, -0.15) is 0 Å². The summed E-state index contributed by atoms with van der Waals surface area (Å²) in [6, 6.07) is 3.52. The number of amides is 1. The van der Waals surface area contributed by atoms with Gasteiger partial charge in [0.2, 0.25) is 0 Å². The van der Waals surface area contributed by atoms with Gasteiger partial charge in [0.25, 0.3) is 5.91 Å². The molecule has 0 bridgehead atoms. The van der Waals surface area contributed by atoms with Crippen molar-refractivity contribution in [3.05, 3.63) is 23.5 Å². The first-order chi connectivity index (χ1) is 10.1. The van der Waals surface area contributed by atoms with Gasteiger partial charge in [-0.1, -0.05) is 13.8 Å². The molecule has 0 radical (unpaired) electrons. The van der Waals surface area contributed by atoms with Crippen LogP contribution in [0.15, 0.2) is 12.1 Å². The largest absolute Gasteiger partial charge is 0.497 e.